The second kappa shape index (κ2) is 12.3. The van der Waals surface area contributed by atoms with Crippen LogP contribution in [-0.4, -0.2) is 33.0 Å². The van der Waals surface area contributed by atoms with Crippen molar-refractivity contribution in [3.8, 4) is 11.3 Å². The molecule has 3 aromatic heterocycles. The Kier molecular flexibility index (Phi) is 8.47. The quantitative estimate of drug-likeness (QED) is 0.152. The first-order chi connectivity index (χ1) is 20.9. The molecule has 0 aliphatic heterocycles. The number of hydrogen-bond acceptors (Lipinski definition) is 4. The van der Waals surface area contributed by atoms with Gasteiger partial charge in [0.1, 0.15) is 11.6 Å². The summed E-state index contributed by atoms with van der Waals surface area (Å²) in [6.07, 6.45) is -7.07. The third-order valence-electron chi connectivity index (χ3n) is 6.94. The van der Waals surface area contributed by atoms with Crippen LogP contribution < -0.4 is 16.2 Å². The van der Waals surface area contributed by atoms with E-state index in [1.165, 1.54) is 37.5 Å². The summed E-state index contributed by atoms with van der Waals surface area (Å²) in [6, 6.07) is 16.2. The second-order valence-electron chi connectivity index (χ2n) is 10.1. The molecule has 3 heterocycles. The molecule has 5 aromatic rings. The number of H-pyrrole nitrogens is 1. The Morgan fingerprint density at radius 2 is 1.75 bits per heavy atom. The number of hydrogen-bond donors (Lipinski definition) is 3. The van der Waals surface area contributed by atoms with Crippen molar-refractivity contribution in [1.82, 2.24) is 14.5 Å². The number of pyridine rings is 2. The lowest BCUT2D eigenvalue weighted by molar-refractivity contribution is -0.127. The number of nitrogens with one attached hydrogen (secondary N) is 3. The first-order valence-electron chi connectivity index (χ1n) is 13.3. The Morgan fingerprint density at radius 1 is 1.05 bits per heavy atom. The van der Waals surface area contributed by atoms with Gasteiger partial charge >= 0.3 is 6.18 Å². The number of carbonyl (C=O) groups is 1. The number of nitrogens with zero attached hydrogens (tertiary/aromatic N) is 2. The van der Waals surface area contributed by atoms with Crippen LogP contribution in [0.25, 0.3) is 22.2 Å². The average molecular weight is 614 g/mol. The Labute approximate surface area is 246 Å². The van der Waals surface area contributed by atoms with Gasteiger partial charge in [0.05, 0.1) is 34.6 Å². The van der Waals surface area contributed by atoms with Crippen molar-refractivity contribution in [2.24, 2.45) is 7.05 Å². The number of benzene rings is 2. The van der Waals surface area contributed by atoms with Crippen molar-refractivity contribution in [3.63, 3.8) is 0 Å². The predicted octanol–water partition coefficient (Wildman–Crippen LogP) is 7.29. The van der Waals surface area contributed by atoms with Crippen molar-refractivity contribution >= 4 is 34.0 Å². The van der Waals surface area contributed by atoms with Crippen LogP contribution in [-0.2, 0) is 18.3 Å². The first kappa shape index (κ1) is 30.4. The zero-order valence-electron chi connectivity index (χ0n) is 23.1. The number of aromatic amines is 1. The highest BCUT2D eigenvalue weighted by Gasteiger charge is 2.31. The van der Waals surface area contributed by atoms with E-state index in [0.29, 0.717) is 11.3 Å². The SMILES string of the molecule is Cn1cc(CC(F)(F)F)c2[nH]c(-c3ccnc(NC(=O)C(CC(F)F)c4ccc(F)cc4)c3)c(Nc3ccccc3)c2c1=O. The van der Waals surface area contributed by atoms with Crippen molar-refractivity contribution in [2.45, 2.75) is 31.4 Å². The minimum Gasteiger partial charge on any atom is -0.353 e. The van der Waals surface area contributed by atoms with E-state index in [1.54, 1.807) is 30.3 Å². The number of para-hydroxylation sites is 1. The van der Waals surface area contributed by atoms with Crippen LogP contribution in [0.5, 0.6) is 0 Å². The molecular formula is C31H25F6N5O2. The molecule has 2 aromatic carbocycles. The lowest BCUT2D eigenvalue weighted by atomic mass is 9.95. The topological polar surface area (TPSA) is 91.8 Å². The van der Waals surface area contributed by atoms with Crippen LogP contribution in [0, 0.1) is 5.82 Å². The molecule has 1 unspecified atom stereocenters. The van der Waals surface area contributed by atoms with Gasteiger partial charge in [0.2, 0.25) is 12.3 Å². The second-order valence-corrected chi connectivity index (χ2v) is 10.1. The van der Waals surface area contributed by atoms with Crippen LogP contribution in [0.4, 0.5) is 43.5 Å². The molecule has 0 saturated carbocycles. The lowest BCUT2D eigenvalue weighted by Crippen LogP contribution is -2.23. The molecule has 0 saturated heterocycles. The molecule has 5 rings (SSSR count). The highest BCUT2D eigenvalue weighted by molar-refractivity contribution is 6.04. The van der Waals surface area contributed by atoms with E-state index in [4.69, 9.17) is 0 Å². The summed E-state index contributed by atoms with van der Waals surface area (Å²) in [6.45, 7) is 0. The first-order valence-corrected chi connectivity index (χ1v) is 13.3. The van der Waals surface area contributed by atoms with Crippen molar-refractivity contribution in [1.29, 1.82) is 0 Å². The molecule has 228 valence electrons. The Balaban J connectivity index is 1.59. The molecule has 0 radical (unpaired) electrons. The van der Waals surface area contributed by atoms with Crippen molar-refractivity contribution in [3.05, 3.63) is 106 Å². The maximum absolute atomic E-state index is 13.5. The molecule has 0 spiro atoms. The number of fused-ring (bicyclic) bond motifs is 1. The van der Waals surface area contributed by atoms with Gasteiger partial charge in [0.15, 0.2) is 0 Å². The largest absolute Gasteiger partial charge is 0.393 e. The minimum absolute atomic E-state index is 0.0104. The van der Waals surface area contributed by atoms with Gasteiger partial charge in [0.25, 0.3) is 5.56 Å². The van der Waals surface area contributed by atoms with Gasteiger partial charge in [-0.25, -0.2) is 18.2 Å². The monoisotopic (exact) mass is 613 g/mol. The number of amides is 1. The van der Waals surface area contributed by atoms with E-state index in [-0.39, 0.29) is 39.2 Å². The molecule has 13 heteroatoms. The molecule has 1 amide bonds. The van der Waals surface area contributed by atoms with Crippen LogP contribution in [0.2, 0.25) is 0 Å². The summed E-state index contributed by atoms with van der Waals surface area (Å²) in [5, 5.41) is 5.63. The molecule has 44 heavy (non-hydrogen) atoms. The molecular weight excluding hydrogens is 588 g/mol. The van der Waals surface area contributed by atoms with Gasteiger partial charge in [-0.3, -0.25) is 9.59 Å². The number of alkyl halides is 5. The van der Waals surface area contributed by atoms with E-state index in [0.717, 1.165) is 22.9 Å². The summed E-state index contributed by atoms with van der Waals surface area (Å²) >= 11 is 0. The maximum atomic E-state index is 13.5. The number of aromatic nitrogens is 3. The molecule has 3 N–H and O–H groups in total. The number of halogens is 6. The minimum atomic E-state index is -4.56. The van der Waals surface area contributed by atoms with Gasteiger partial charge < -0.3 is 20.2 Å². The predicted molar refractivity (Wildman–Crippen MR) is 155 cm³/mol. The molecule has 0 aliphatic carbocycles. The van der Waals surface area contributed by atoms with Gasteiger partial charge in [-0.05, 0) is 42.0 Å². The van der Waals surface area contributed by atoms with Crippen LogP contribution in [0.3, 0.4) is 0 Å². The summed E-state index contributed by atoms with van der Waals surface area (Å²) in [4.78, 5) is 33.5. The summed E-state index contributed by atoms with van der Waals surface area (Å²) in [7, 11) is 1.36. The number of anilines is 3. The molecule has 1 atom stereocenters. The average Bonchev–Trinajstić information content (AvgIpc) is 3.34. The molecule has 0 aliphatic rings. The molecule has 7 nitrogen and oxygen atoms in total. The normalized spacial score (nSPS) is 12.5. The number of carbonyl (C=O) groups excluding carboxylic acids is 1. The Bertz CT molecular complexity index is 1850. The van der Waals surface area contributed by atoms with Crippen LogP contribution in [0.1, 0.15) is 23.5 Å². The fraction of sp³-hybridized carbons (Fsp3) is 0.194. The fourth-order valence-electron chi connectivity index (χ4n) is 4.98. The summed E-state index contributed by atoms with van der Waals surface area (Å²) < 4.78 is 81.8. The van der Waals surface area contributed by atoms with E-state index in [9.17, 15) is 35.9 Å². The summed E-state index contributed by atoms with van der Waals surface area (Å²) in [5.41, 5.74) is 0.759. The zero-order chi connectivity index (χ0) is 31.6. The third-order valence-corrected chi connectivity index (χ3v) is 6.94. The van der Waals surface area contributed by atoms with Gasteiger partial charge in [-0.15, -0.1) is 0 Å². The maximum Gasteiger partial charge on any atom is 0.393 e. The lowest BCUT2D eigenvalue weighted by Gasteiger charge is -2.17. The van der Waals surface area contributed by atoms with Gasteiger partial charge in [-0.2, -0.15) is 13.2 Å². The van der Waals surface area contributed by atoms with Gasteiger partial charge in [-0.1, -0.05) is 30.3 Å². The van der Waals surface area contributed by atoms with E-state index < -0.39 is 48.6 Å². The van der Waals surface area contributed by atoms with E-state index >= 15 is 0 Å². The van der Waals surface area contributed by atoms with Crippen LogP contribution in [0.15, 0.2) is 83.9 Å². The fourth-order valence-corrected chi connectivity index (χ4v) is 4.98. The number of rotatable bonds is 9. The Morgan fingerprint density at radius 3 is 2.41 bits per heavy atom. The van der Waals surface area contributed by atoms with Crippen molar-refractivity contribution in [2.75, 3.05) is 10.6 Å². The number of aryl methyl sites for hydroxylation is 1. The Hall–Kier alpha value is -5.07. The molecule has 0 fully saturated rings. The van der Waals surface area contributed by atoms with Crippen molar-refractivity contribution < 1.29 is 31.1 Å². The van der Waals surface area contributed by atoms with E-state index in [2.05, 4.69) is 20.6 Å². The standard InChI is InChI=1S/C31H25F6N5O2/c1-42-16-19(15-31(35,36)37)26-25(30(42)44)28(39-21-5-3-2-4-6-21)27(41-26)18-11-12-38-24(13-18)40-29(43)22(14-23(33)34)17-7-9-20(32)10-8-17/h2-13,16,22-23,39,41H,14-15H2,1H3,(H,38,40,43). The molecule has 0 bridgehead atoms. The van der Waals surface area contributed by atoms with E-state index in [1.807, 2.05) is 0 Å². The van der Waals surface area contributed by atoms with Crippen LogP contribution >= 0.6 is 0 Å². The highest BCUT2D eigenvalue weighted by atomic mass is 19.4. The summed E-state index contributed by atoms with van der Waals surface area (Å²) in [5.74, 6) is -2.77. The third kappa shape index (κ3) is 6.77. The smallest absolute Gasteiger partial charge is 0.353 e. The highest BCUT2D eigenvalue weighted by Crippen LogP contribution is 2.38. The zero-order valence-corrected chi connectivity index (χ0v) is 23.1. The van der Waals surface area contributed by atoms with Gasteiger partial charge in [0, 0.05) is 42.7 Å².